The van der Waals surface area contributed by atoms with Crippen LogP contribution >= 0.6 is 0 Å². The van der Waals surface area contributed by atoms with Gasteiger partial charge in [0.25, 0.3) is 0 Å². The van der Waals surface area contributed by atoms with Gasteiger partial charge in [-0.15, -0.1) is 0 Å². The first-order valence-corrected chi connectivity index (χ1v) is 11.1. The molecular formula is C22H35N5O2. The second-order valence-corrected chi connectivity index (χ2v) is 8.03. The molecule has 3 rings (SSSR count). The lowest BCUT2D eigenvalue weighted by molar-refractivity contribution is -0.115. The molecule has 0 bridgehead atoms. The van der Waals surface area contributed by atoms with Crippen molar-refractivity contribution in [2.24, 2.45) is 0 Å². The Morgan fingerprint density at radius 2 is 1.69 bits per heavy atom. The number of hydrogen-bond acceptors (Lipinski definition) is 4. The van der Waals surface area contributed by atoms with Gasteiger partial charge in [0.15, 0.2) is 0 Å². The van der Waals surface area contributed by atoms with Crippen LogP contribution in [0.4, 0.5) is 16.2 Å². The lowest BCUT2D eigenvalue weighted by Crippen LogP contribution is -2.53. The molecule has 0 aromatic heterocycles. The number of anilines is 2. The standard InChI is InChI=1S/C22H35N5O2/c1-2-12-23-17-21(28)24-19-8-10-20(11-9-19)26-13-15-27(16-14-26)22(29)25-18-6-4-3-5-7-18/h8-11,18,23H,2-7,12-17H2,1H3,(H,24,28)(H,25,29). The van der Waals surface area contributed by atoms with Crippen LogP contribution in [0.15, 0.2) is 24.3 Å². The van der Waals surface area contributed by atoms with Crippen LogP contribution in [0, 0.1) is 0 Å². The van der Waals surface area contributed by atoms with Gasteiger partial charge in [-0.3, -0.25) is 4.79 Å². The second-order valence-electron chi connectivity index (χ2n) is 8.03. The molecule has 1 saturated heterocycles. The highest BCUT2D eigenvalue weighted by molar-refractivity contribution is 5.92. The van der Waals surface area contributed by atoms with E-state index in [-0.39, 0.29) is 11.9 Å². The monoisotopic (exact) mass is 401 g/mol. The Bertz CT molecular complexity index is 650. The van der Waals surface area contributed by atoms with Gasteiger partial charge in [-0.05, 0) is 50.1 Å². The van der Waals surface area contributed by atoms with E-state index in [1.165, 1.54) is 19.3 Å². The molecule has 0 unspecified atom stereocenters. The van der Waals surface area contributed by atoms with E-state index in [0.717, 1.165) is 63.4 Å². The van der Waals surface area contributed by atoms with Crippen molar-refractivity contribution in [1.82, 2.24) is 15.5 Å². The summed E-state index contributed by atoms with van der Waals surface area (Å²) < 4.78 is 0. The summed E-state index contributed by atoms with van der Waals surface area (Å²) in [5.41, 5.74) is 1.93. The number of carbonyl (C=O) groups excluding carboxylic acids is 2. The Labute approximate surface area is 174 Å². The zero-order valence-electron chi connectivity index (χ0n) is 17.6. The minimum atomic E-state index is -0.0243. The Morgan fingerprint density at radius 3 is 2.34 bits per heavy atom. The molecular weight excluding hydrogens is 366 g/mol. The molecule has 1 aliphatic heterocycles. The zero-order valence-corrected chi connectivity index (χ0v) is 17.6. The van der Waals surface area contributed by atoms with Crippen molar-refractivity contribution in [2.45, 2.75) is 51.5 Å². The van der Waals surface area contributed by atoms with E-state index in [4.69, 9.17) is 0 Å². The molecule has 1 heterocycles. The molecule has 1 aliphatic carbocycles. The maximum absolute atomic E-state index is 12.5. The summed E-state index contributed by atoms with van der Waals surface area (Å²) in [7, 11) is 0. The third-order valence-electron chi connectivity index (χ3n) is 5.73. The van der Waals surface area contributed by atoms with E-state index >= 15 is 0 Å². The van der Waals surface area contributed by atoms with E-state index in [1.807, 2.05) is 29.2 Å². The van der Waals surface area contributed by atoms with Crippen LogP contribution in [0.3, 0.4) is 0 Å². The van der Waals surface area contributed by atoms with Gasteiger partial charge >= 0.3 is 6.03 Å². The number of benzene rings is 1. The molecule has 29 heavy (non-hydrogen) atoms. The quantitative estimate of drug-likeness (QED) is 0.614. The van der Waals surface area contributed by atoms with Gasteiger partial charge in [0, 0.05) is 43.6 Å². The molecule has 1 saturated carbocycles. The molecule has 0 atom stereocenters. The van der Waals surface area contributed by atoms with E-state index in [2.05, 4.69) is 27.8 Å². The third-order valence-corrected chi connectivity index (χ3v) is 5.73. The number of carbonyl (C=O) groups is 2. The number of hydrogen-bond donors (Lipinski definition) is 3. The van der Waals surface area contributed by atoms with Gasteiger partial charge in [-0.25, -0.2) is 4.79 Å². The SMILES string of the molecule is CCCNCC(=O)Nc1ccc(N2CCN(C(=O)NC3CCCCC3)CC2)cc1. The molecule has 160 valence electrons. The van der Waals surface area contributed by atoms with Crippen LogP contribution in [0.25, 0.3) is 0 Å². The summed E-state index contributed by atoms with van der Waals surface area (Å²) in [6.45, 7) is 6.37. The molecule has 3 N–H and O–H groups in total. The Morgan fingerprint density at radius 1 is 1.00 bits per heavy atom. The van der Waals surface area contributed by atoms with Crippen LogP contribution < -0.4 is 20.9 Å². The lowest BCUT2D eigenvalue weighted by atomic mass is 9.96. The van der Waals surface area contributed by atoms with Crippen molar-refractivity contribution in [2.75, 3.05) is 49.5 Å². The van der Waals surface area contributed by atoms with Crippen molar-refractivity contribution in [3.05, 3.63) is 24.3 Å². The lowest BCUT2D eigenvalue weighted by Gasteiger charge is -2.37. The number of piperazine rings is 1. The average Bonchev–Trinajstić information content (AvgIpc) is 2.75. The van der Waals surface area contributed by atoms with Gasteiger partial charge in [0.1, 0.15) is 0 Å². The summed E-state index contributed by atoms with van der Waals surface area (Å²) in [5, 5.41) is 9.22. The third kappa shape index (κ3) is 6.63. The predicted octanol–water partition coefficient (Wildman–Crippen LogP) is 2.79. The highest BCUT2D eigenvalue weighted by Crippen LogP contribution is 2.20. The first-order chi connectivity index (χ1) is 14.2. The first kappa shape index (κ1) is 21.4. The fourth-order valence-corrected chi connectivity index (χ4v) is 4.02. The smallest absolute Gasteiger partial charge is 0.317 e. The van der Waals surface area contributed by atoms with Crippen molar-refractivity contribution < 1.29 is 9.59 Å². The van der Waals surface area contributed by atoms with Crippen molar-refractivity contribution >= 4 is 23.3 Å². The molecule has 2 fully saturated rings. The minimum Gasteiger partial charge on any atom is -0.368 e. The van der Waals surface area contributed by atoms with Crippen LogP contribution in [0.1, 0.15) is 45.4 Å². The largest absolute Gasteiger partial charge is 0.368 e. The number of urea groups is 1. The summed E-state index contributed by atoms with van der Waals surface area (Å²) >= 11 is 0. The summed E-state index contributed by atoms with van der Waals surface area (Å²) in [6, 6.07) is 8.39. The fraction of sp³-hybridized carbons (Fsp3) is 0.636. The summed E-state index contributed by atoms with van der Waals surface area (Å²) in [4.78, 5) is 28.6. The number of amides is 3. The van der Waals surface area contributed by atoms with Crippen LogP contribution in [-0.2, 0) is 4.79 Å². The number of rotatable bonds is 7. The maximum Gasteiger partial charge on any atom is 0.317 e. The summed E-state index contributed by atoms with van der Waals surface area (Å²) in [5.74, 6) is -0.0243. The van der Waals surface area contributed by atoms with Gasteiger partial charge in [0.2, 0.25) is 5.91 Å². The molecule has 7 heteroatoms. The van der Waals surface area contributed by atoms with Crippen LogP contribution in [0.5, 0.6) is 0 Å². The fourth-order valence-electron chi connectivity index (χ4n) is 4.02. The molecule has 2 aliphatic rings. The molecule has 3 amide bonds. The Hall–Kier alpha value is -2.28. The molecule has 1 aromatic carbocycles. The van der Waals surface area contributed by atoms with E-state index in [0.29, 0.717) is 12.6 Å². The zero-order chi connectivity index (χ0) is 20.5. The topological polar surface area (TPSA) is 76.7 Å². The number of nitrogens with zero attached hydrogens (tertiary/aromatic N) is 2. The predicted molar refractivity (Wildman–Crippen MR) is 117 cm³/mol. The molecule has 1 aromatic rings. The van der Waals surface area contributed by atoms with Gasteiger partial charge < -0.3 is 25.8 Å². The van der Waals surface area contributed by atoms with Gasteiger partial charge in [0.05, 0.1) is 6.54 Å². The Kier molecular flexibility index (Phi) is 8.16. The van der Waals surface area contributed by atoms with Gasteiger partial charge in [-0.1, -0.05) is 26.2 Å². The van der Waals surface area contributed by atoms with Crippen LogP contribution in [-0.4, -0.2) is 62.1 Å². The van der Waals surface area contributed by atoms with Crippen molar-refractivity contribution in [1.29, 1.82) is 0 Å². The Balaban J connectivity index is 1.42. The average molecular weight is 402 g/mol. The van der Waals surface area contributed by atoms with Gasteiger partial charge in [-0.2, -0.15) is 0 Å². The summed E-state index contributed by atoms with van der Waals surface area (Å²) in [6.07, 6.45) is 6.99. The maximum atomic E-state index is 12.5. The molecule has 0 radical (unpaired) electrons. The minimum absolute atomic E-state index is 0.0243. The highest BCUT2D eigenvalue weighted by Gasteiger charge is 2.24. The molecule has 0 spiro atoms. The van der Waals surface area contributed by atoms with Crippen LogP contribution in [0.2, 0.25) is 0 Å². The highest BCUT2D eigenvalue weighted by atomic mass is 16.2. The number of nitrogens with one attached hydrogen (secondary N) is 3. The van der Waals surface area contributed by atoms with Crippen molar-refractivity contribution in [3.8, 4) is 0 Å². The van der Waals surface area contributed by atoms with E-state index in [1.54, 1.807) is 0 Å². The van der Waals surface area contributed by atoms with E-state index < -0.39 is 0 Å². The second kappa shape index (κ2) is 11.0. The van der Waals surface area contributed by atoms with Crippen molar-refractivity contribution in [3.63, 3.8) is 0 Å². The van der Waals surface area contributed by atoms with E-state index in [9.17, 15) is 9.59 Å². The normalized spacial score (nSPS) is 17.8. The first-order valence-electron chi connectivity index (χ1n) is 11.1. The molecule has 7 nitrogen and oxygen atoms in total.